The molecule has 0 bridgehead atoms. The van der Waals surface area contributed by atoms with Gasteiger partial charge in [-0.2, -0.15) is 13.2 Å². The molecule has 0 aliphatic carbocycles. The highest BCUT2D eigenvalue weighted by Crippen LogP contribution is 2.36. The van der Waals surface area contributed by atoms with Crippen molar-refractivity contribution in [2.45, 2.75) is 45.1 Å². The molecule has 2 heterocycles. The number of halogens is 4. The lowest BCUT2D eigenvalue weighted by atomic mass is 9.98. The van der Waals surface area contributed by atoms with E-state index in [0.717, 1.165) is 6.07 Å². The van der Waals surface area contributed by atoms with E-state index in [1.165, 1.54) is 17.0 Å². The minimum Gasteiger partial charge on any atom is -0.350 e. The zero-order valence-corrected chi connectivity index (χ0v) is 17.9. The fourth-order valence-electron chi connectivity index (χ4n) is 3.26. The van der Waals surface area contributed by atoms with Gasteiger partial charge in [0.15, 0.2) is 0 Å². The number of hydrogen-bond donors (Lipinski definition) is 2. The van der Waals surface area contributed by atoms with E-state index in [0.29, 0.717) is 11.3 Å². The third-order valence-electron chi connectivity index (χ3n) is 4.95. The van der Waals surface area contributed by atoms with Gasteiger partial charge in [0, 0.05) is 27.7 Å². The molecule has 30 heavy (non-hydrogen) atoms. The van der Waals surface area contributed by atoms with Gasteiger partial charge < -0.3 is 10.2 Å². The highest BCUT2D eigenvalue weighted by atomic mass is 79.9. The second-order valence-electron chi connectivity index (χ2n) is 7.19. The van der Waals surface area contributed by atoms with Crippen molar-refractivity contribution in [3.8, 4) is 0 Å². The van der Waals surface area contributed by atoms with Gasteiger partial charge in [-0.3, -0.25) is 14.6 Å². The summed E-state index contributed by atoms with van der Waals surface area (Å²) in [4.78, 5) is 33.9. The van der Waals surface area contributed by atoms with Crippen LogP contribution in [0.2, 0.25) is 0 Å². The number of fused-ring (bicyclic) bond motifs is 1. The third-order valence-corrected chi connectivity index (χ3v) is 5.64. The van der Waals surface area contributed by atoms with E-state index in [-0.39, 0.29) is 46.6 Å². The lowest BCUT2D eigenvalue weighted by Crippen LogP contribution is -2.45. The average Bonchev–Trinajstić information content (AvgIpc) is 2.67. The topological polar surface area (TPSA) is 78.1 Å². The fraction of sp³-hybridized carbons (Fsp3) is 0.350. The summed E-state index contributed by atoms with van der Waals surface area (Å²) in [5.41, 5.74) is -0.421. The van der Waals surface area contributed by atoms with Crippen LogP contribution in [0.15, 0.2) is 40.1 Å². The van der Waals surface area contributed by atoms with Gasteiger partial charge in [-0.05, 0) is 38.5 Å². The summed E-state index contributed by atoms with van der Waals surface area (Å²) >= 11 is 2.88. The average molecular weight is 485 g/mol. The first-order valence-electron chi connectivity index (χ1n) is 9.20. The number of rotatable bonds is 4. The summed E-state index contributed by atoms with van der Waals surface area (Å²) in [6.45, 7) is 7.25. The number of carbonyl (C=O) groups is 1. The van der Waals surface area contributed by atoms with Crippen molar-refractivity contribution in [2.75, 3.05) is 5.32 Å². The molecular formula is C20H20BrF3N4O2. The lowest BCUT2D eigenvalue weighted by molar-refractivity contribution is -0.138. The molecular weight excluding hydrogens is 465 g/mol. The molecule has 1 aromatic heterocycles. The quantitative estimate of drug-likeness (QED) is 0.639. The predicted octanol–water partition coefficient (Wildman–Crippen LogP) is 4.12. The van der Waals surface area contributed by atoms with Gasteiger partial charge in [-0.15, -0.1) is 6.58 Å². The van der Waals surface area contributed by atoms with E-state index in [2.05, 4.69) is 37.8 Å². The van der Waals surface area contributed by atoms with Crippen LogP contribution in [0.4, 0.5) is 19.1 Å². The molecule has 0 saturated carbocycles. The SMILES string of the molecule is C=C[C@H](C)Nc1nc2c(c(=O)[nH]1)C[C@@H](C)N(C(=O)c1ccc(Br)c(C(F)(F)F)c1)C2. The molecule has 1 amide bonds. The molecule has 160 valence electrons. The van der Waals surface area contributed by atoms with Crippen molar-refractivity contribution in [3.63, 3.8) is 0 Å². The van der Waals surface area contributed by atoms with Crippen LogP contribution in [-0.2, 0) is 19.1 Å². The minimum absolute atomic E-state index is 0.0216. The van der Waals surface area contributed by atoms with Gasteiger partial charge in [0.05, 0.1) is 17.8 Å². The molecule has 0 radical (unpaired) electrons. The standard InChI is InChI=1S/C20H20BrF3N4O2/c1-4-10(2)25-19-26-16-9-28(11(3)7-13(16)17(29)27-19)18(30)12-5-6-15(21)14(8-12)20(22,23)24/h4-6,8,10-11H,1,7,9H2,2-3H3,(H2,25,26,27,29)/t10-,11+/m0/s1. The zero-order chi connectivity index (χ0) is 22.2. The maximum atomic E-state index is 13.2. The van der Waals surface area contributed by atoms with Crippen molar-refractivity contribution in [1.82, 2.24) is 14.9 Å². The summed E-state index contributed by atoms with van der Waals surface area (Å²) in [5.74, 6) is -0.307. The van der Waals surface area contributed by atoms with Crippen LogP contribution in [0, 0.1) is 0 Å². The number of aromatic nitrogens is 2. The summed E-state index contributed by atoms with van der Waals surface area (Å²) in [6, 6.07) is 2.86. The van der Waals surface area contributed by atoms with Crippen LogP contribution in [0.1, 0.15) is 41.0 Å². The normalized spacial score (nSPS) is 17.3. The van der Waals surface area contributed by atoms with E-state index in [1.54, 1.807) is 13.0 Å². The highest BCUT2D eigenvalue weighted by molar-refractivity contribution is 9.10. The van der Waals surface area contributed by atoms with E-state index in [1.807, 2.05) is 6.92 Å². The fourth-order valence-corrected chi connectivity index (χ4v) is 3.74. The number of amides is 1. The van der Waals surface area contributed by atoms with Crippen molar-refractivity contribution >= 4 is 27.8 Å². The molecule has 0 fully saturated rings. The number of alkyl halides is 3. The van der Waals surface area contributed by atoms with E-state index in [9.17, 15) is 22.8 Å². The summed E-state index contributed by atoms with van der Waals surface area (Å²) in [7, 11) is 0. The smallest absolute Gasteiger partial charge is 0.350 e. The maximum absolute atomic E-state index is 13.2. The molecule has 0 unspecified atom stereocenters. The number of H-pyrrole nitrogens is 1. The van der Waals surface area contributed by atoms with E-state index in [4.69, 9.17) is 0 Å². The Kier molecular flexibility index (Phi) is 6.07. The number of nitrogens with zero attached hydrogens (tertiary/aromatic N) is 2. The molecule has 10 heteroatoms. The highest BCUT2D eigenvalue weighted by Gasteiger charge is 2.35. The van der Waals surface area contributed by atoms with Crippen LogP contribution in [0.5, 0.6) is 0 Å². The Hall–Kier alpha value is -2.62. The van der Waals surface area contributed by atoms with Gasteiger partial charge in [-0.25, -0.2) is 4.98 Å². The Balaban J connectivity index is 1.94. The van der Waals surface area contributed by atoms with Gasteiger partial charge in [0.1, 0.15) is 0 Å². The van der Waals surface area contributed by atoms with Gasteiger partial charge in [-0.1, -0.05) is 22.0 Å². The van der Waals surface area contributed by atoms with Crippen LogP contribution < -0.4 is 10.9 Å². The molecule has 6 nitrogen and oxygen atoms in total. The van der Waals surface area contributed by atoms with Crippen LogP contribution >= 0.6 is 15.9 Å². The molecule has 3 rings (SSSR count). The number of anilines is 1. The van der Waals surface area contributed by atoms with Crippen LogP contribution in [0.25, 0.3) is 0 Å². The molecule has 2 atom stereocenters. The number of carbonyl (C=O) groups excluding carboxylic acids is 1. The Morgan fingerprint density at radius 2 is 2.17 bits per heavy atom. The number of nitrogens with one attached hydrogen (secondary N) is 2. The second-order valence-corrected chi connectivity index (χ2v) is 8.04. The molecule has 0 spiro atoms. The third kappa shape index (κ3) is 4.43. The van der Waals surface area contributed by atoms with Crippen molar-refractivity contribution in [3.05, 3.63) is 68.1 Å². The van der Waals surface area contributed by atoms with Gasteiger partial charge in [0.25, 0.3) is 11.5 Å². The van der Waals surface area contributed by atoms with Crippen LogP contribution in [0.3, 0.4) is 0 Å². The minimum atomic E-state index is -4.59. The summed E-state index contributed by atoms with van der Waals surface area (Å²) < 4.78 is 39.5. The monoisotopic (exact) mass is 484 g/mol. The summed E-state index contributed by atoms with van der Waals surface area (Å²) in [6.07, 6.45) is -2.70. The Morgan fingerprint density at radius 1 is 1.47 bits per heavy atom. The molecule has 1 aromatic carbocycles. The molecule has 1 aliphatic rings. The molecule has 1 aliphatic heterocycles. The van der Waals surface area contributed by atoms with Crippen LogP contribution in [-0.4, -0.2) is 32.9 Å². The largest absolute Gasteiger partial charge is 0.417 e. The van der Waals surface area contributed by atoms with Gasteiger partial charge in [0.2, 0.25) is 5.95 Å². The van der Waals surface area contributed by atoms with Crippen molar-refractivity contribution < 1.29 is 18.0 Å². The Morgan fingerprint density at radius 3 is 2.80 bits per heavy atom. The Labute approximate surface area is 179 Å². The molecule has 2 N–H and O–H groups in total. The predicted molar refractivity (Wildman–Crippen MR) is 110 cm³/mol. The Bertz CT molecular complexity index is 1050. The first-order valence-corrected chi connectivity index (χ1v) is 9.99. The van der Waals surface area contributed by atoms with Crippen molar-refractivity contribution in [2.24, 2.45) is 0 Å². The van der Waals surface area contributed by atoms with Crippen molar-refractivity contribution in [1.29, 1.82) is 0 Å². The number of aromatic amines is 1. The van der Waals surface area contributed by atoms with E-state index >= 15 is 0 Å². The van der Waals surface area contributed by atoms with E-state index < -0.39 is 17.6 Å². The second kappa shape index (κ2) is 8.25. The first kappa shape index (κ1) is 22.1. The maximum Gasteiger partial charge on any atom is 0.417 e. The van der Waals surface area contributed by atoms with Gasteiger partial charge >= 0.3 is 6.18 Å². The lowest BCUT2D eigenvalue weighted by Gasteiger charge is -2.34. The summed E-state index contributed by atoms with van der Waals surface area (Å²) in [5, 5.41) is 2.98. The zero-order valence-electron chi connectivity index (χ0n) is 16.3. The molecule has 2 aromatic rings. The number of benzene rings is 1. The molecule has 0 saturated heterocycles. The first-order chi connectivity index (χ1) is 14.0. The number of hydrogen-bond acceptors (Lipinski definition) is 4.